The number of fused-ring (bicyclic) bond motifs is 1. The second kappa shape index (κ2) is 11.7. The topological polar surface area (TPSA) is 82.1 Å². The number of rotatable bonds is 8. The Balaban J connectivity index is 2.55. The van der Waals surface area contributed by atoms with Crippen LogP contribution in [0.15, 0.2) is 30.0 Å². The molecule has 0 unspecified atom stereocenters. The zero-order valence-electron chi connectivity index (χ0n) is 17.3. The Labute approximate surface area is 190 Å². The lowest BCUT2D eigenvalue weighted by Crippen LogP contribution is -2.42. The van der Waals surface area contributed by atoms with E-state index < -0.39 is 29.2 Å². The summed E-state index contributed by atoms with van der Waals surface area (Å²) in [4.78, 5) is 26.0. The van der Waals surface area contributed by atoms with E-state index in [-0.39, 0.29) is 17.3 Å². The van der Waals surface area contributed by atoms with Crippen LogP contribution in [0, 0.1) is 5.92 Å². The summed E-state index contributed by atoms with van der Waals surface area (Å²) < 4.78 is 15.9. The van der Waals surface area contributed by atoms with Crippen LogP contribution in [0.3, 0.4) is 0 Å². The van der Waals surface area contributed by atoms with E-state index in [1.165, 1.54) is 26.0 Å². The minimum atomic E-state index is -1.09. The fourth-order valence-electron chi connectivity index (χ4n) is 3.53. The zero-order valence-corrected chi connectivity index (χ0v) is 19.8. The largest absolute Gasteiger partial charge is 0.493 e. The number of esters is 1. The lowest BCUT2D eigenvalue weighted by molar-refractivity contribution is -0.141. The first-order valence-corrected chi connectivity index (χ1v) is 12.0. The van der Waals surface area contributed by atoms with Gasteiger partial charge < -0.3 is 19.3 Å². The van der Waals surface area contributed by atoms with Crippen molar-refractivity contribution in [3.8, 4) is 0 Å². The van der Waals surface area contributed by atoms with Crippen molar-refractivity contribution in [1.82, 2.24) is 0 Å². The number of aliphatic hydroxyl groups excluding tert-OH is 1. The first kappa shape index (κ1) is 24.7. The molecular formula is C21H26O6S3. The van der Waals surface area contributed by atoms with Gasteiger partial charge in [-0.1, -0.05) is 36.0 Å². The molecule has 0 amide bonds. The molecule has 0 bridgehead atoms. The first-order valence-electron chi connectivity index (χ1n) is 9.36. The number of thioether (sulfide) groups is 2. The molecule has 1 N–H and O–H groups in total. The van der Waals surface area contributed by atoms with Crippen LogP contribution in [0.4, 0.5) is 0 Å². The third kappa shape index (κ3) is 5.57. The van der Waals surface area contributed by atoms with Crippen molar-refractivity contribution < 1.29 is 28.9 Å². The quantitative estimate of drug-likeness (QED) is 0.455. The molecule has 0 heterocycles. The molecule has 1 aliphatic carbocycles. The lowest BCUT2D eigenvalue weighted by atomic mass is 9.77. The minimum Gasteiger partial charge on any atom is -0.493 e. The average Bonchev–Trinajstić information content (AvgIpc) is 2.87. The Hall–Kier alpha value is -1.55. The van der Waals surface area contributed by atoms with E-state index in [2.05, 4.69) is 0 Å². The standard InChI is InChI=1S/C21H26O6S3/c1-5-27-21(28)30-11-14(22)17-16(19(29-4)20(24)26-3)13-9-7-6-8-12(13)10-15(25-2)18(17)23/h6-10,14,16-17,19,22H,5,11H2,1-4H3/t14-,16-,17+,19+/m1/s1. The van der Waals surface area contributed by atoms with E-state index in [9.17, 15) is 14.7 Å². The smallest absolute Gasteiger partial charge is 0.319 e. The SMILES string of the molecule is CCOC(=S)SC[C@@H](O)[C@@H]1C(=O)C(OC)=Cc2ccccc2[C@H]1[C@H](SC)C(=O)OC. The number of hydrogen-bond acceptors (Lipinski definition) is 9. The van der Waals surface area contributed by atoms with Crippen LogP contribution in [-0.4, -0.2) is 65.4 Å². The highest BCUT2D eigenvalue weighted by Gasteiger charge is 2.46. The van der Waals surface area contributed by atoms with Gasteiger partial charge in [0.1, 0.15) is 5.25 Å². The van der Waals surface area contributed by atoms with E-state index in [4.69, 9.17) is 26.4 Å². The molecule has 164 valence electrons. The Morgan fingerprint density at radius 1 is 1.27 bits per heavy atom. The molecule has 9 heteroatoms. The Morgan fingerprint density at radius 3 is 2.57 bits per heavy atom. The molecule has 0 saturated carbocycles. The van der Waals surface area contributed by atoms with E-state index in [1.807, 2.05) is 31.2 Å². The summed E-state index contributed by atoms with van der Waals surface area (Å²) in [6.07, 6.45) is 2.35. The van der Waals surface area contributed by atoms with Gasteiger partial charge in [-0.05, 0) is 42.6 Å². The second-order valence-corrected chi connectivity index (χ2v) is 9.10. The average molecular weight is 471 g/mol. The third-order valence-corrected chi connectivity index (χ3v) is 7.18. The Morgan fingerprint density at radius 2 is 1.97 bits per heavy atom. The van der Waals surface area contributed by atoms with E-state index in [0.29, 0.717) is 11.0 Å². The Bertz CT molecular complexity index is 810. The fraction of sp³-hybridized carbons (Fsp3) is 0.476. The molecule has 0 fully saturated rings. The molecule has 4 atom stereocenters. The van der Waals surface area contributed by atoms with Gasteiger partial charge in [0.25, 0.3) is 0 Å². The molecule has 0 radical (unpaired) electrons. The van der Waals surface area contributed by atoms with Gasteiger partial charge >= 0.3 is 5.97 Å². The van der Waals surface area contributed by atoms with Gasteiger partial charge in [0.15, 0.2) is 5.76 Å². The van der Waals surface area contributed by atoms with Gasteiger partial charge in [-0.3, -0.25) is 9.59 Å². The van der Waals surface area contributed by atoms with Gasteiger partial charge in [0.2, 0.25) is 10.2 Å². The maximum atomic E-state index is 13.4. The summed E-state index contributed by atoms with van der Waals surface area (Å²) in [7, 11) is 2.73. The number of benzene rings is 1. The van der Waals surface area contributed by atoms with Crippen LogP contribution in [0.2, 0.25) is 0 Å². The van der Waals surface area contributed by atoms with Crippen molar-refractivity contribution in [1.29, 1.82) is 0 Å². The highest BCUT2D eigenvalue weighted by atomic mass is 32.2. The fourth-order valence-corrected chi connectivity index (χ4v) is 5.46. The highest BCUT2D eigenvalue weighted by Crippen LogP contribution is 2.43. The number of carbonyl (C=O) groups is 2. The molecule has 1 aliphatic rings. The van der Waals surface area contributed by atoms with E-state index in [1.54, 1.807) is 12.3 Å². The molecule has 0 saturated heterocycles. The summed E-state index contributed by atoms with van der Waals surface area (Å²) in [6, 6.07) is 7.42. The number of carbonyl (C=O) groups excluding carboxylic acids is 2. The number of ketones is 1. The number of thiocarbonyl (C=S) groups is 1. The Kier molecular flexibility index (Phi) is 9.67. The summed E-state index contributed by atoms with van der Waals surface area (Å²) in [5.41, 5.74) is 1.55. The third-order valence-electron chi connectivity index (χ3n) is 4.86. The van der Waals surface area contributed by atoms with Crippen LogP contribution >= 0.6 is 35.7 Å². The summed E-state index contributed by atoms with van der Waals surface area (Å²) in [5.74, 6) is -2.07. The highest BCUT2D eigenvalue weighted by molar-refractivity contribution is 8.22. The first-order chi connectivity index (χ1) is 14.4. The van der Waals surface area contributed by atoms with E-state index in [0.717, 1.165) is 22.9 Å². The van der Waals surface area contributed by atoms with Crippen LogP contribution in [0.25, 0.3) is 6.08 Å². The molecule has 1 aromatic carbocycles. The van der Waals surface area contributed by atoms with Crippen molar-refractivity contribution in [3.05, 3.63) is 41.2 Å². The number of Topliss-reactive ketones (excluding diaryl/α,β-unsaturated/α-hetero) is 1. The monoisotopic (exact) mass is 470 g/mol. The molecule has 0 spiro atoms. The summed E-state index contributed by atoms with van der Waals surface area (Å²) in [5, 5.41) is 10.4. The van der Waals surface area contributed by atoms with Gasteiger partial charge in [-0.2, -0.15) is 0 Å². The number of methoxy groups -OCH3 is 2. The van der Waals surface area contributed by atoms with Crippen LogP contribution < -0.4 is 0 Å². The van der Waals surface area contributed by atoms with Crippen LogP contribution in [0.5, 0.6) is 0 Å². The number of hydrogen-bond donors (Lipinski definition) is 1. The number of ether oxygens (including phenoxy) is 3. The summed E-state index contributed by atoms with van der Waals surface area (Å²) >= 11 is 7.58. The zero-order chi connectivity index (χ0) is 22.3. The number of aliphatic hydroxyl groups is 1. The second-order valence-electron chi connectivity index (χ2n) is 6.50. The molecule has 6 nitrogen and oxygen atoms in total. The predicted molar refractivity (Wildman–Crippen MR) is 125 cm³/mol. The minimum absolute atomic E-state index is 0.135. The van der Waals surface area contributed by atoms with Gasteiger partial charge in [-0.25, -0.2) is 0 Å². The van der Waals surface area contributed by atoms with Gasteiger partial charge in [-0.15, -0.1) is 11.8 Å². The van der Waals surface area contributed by atoms with Gasteiger partial charge in [0, 0.05) is 11.7 Å². The maximum absolute atomic E-state index is 13.4. The van der Waals surface area contributed by atoms with Crippen molar-refractivity contribution in [2.75, 3.05) is 32.8 Å². The molecule has 1 aromatic rings. The van der Waals surface area contributed by atoms with Crippen molar-refractivity contribution in [3.63, 3.8) is 0 Å². The van der Waals surface area contributed by atoms with Crippen LogP contribution in [-0.2, 0) is 23.8 Å². The summed E-state index contributed by atoms with van der Waals surface area (Å²) in [6.45, 7) is 2.24. The van der Waals surface area contributed by atoms with Crippen LogP contribution in [0.1, 0.15) is 24.0 Å². The molecule has 0 aliphatic heterocycles. The molecule has 2 rings (SSSR count). The van der Waals surface area contributed by atoms with Crippen molar-refractivity contribution >= 4 is 58.0 Å². The molecule has 0 aromatic heterocycles. The van der Waals surface area contributed by atoms with Crippen molar-refractivity contribution in [2.24, 2.45) is 5.92 Å². The molecular weight excluding hydrogens is 444 g/mol. The van der Waals surface area contributed by atoms with Gasteiger partial charge in [0.05, 0.1) is 32.8 Å². The number of allylic oxidation sites excluding steroid dienone is 1. The predicted octanol–water partition coefficient (Wildman–Crippen LogP) is 3.28. The molecule has 30 heavy (non-hydrogen) atoms. The van der Waals surface area contributed by atoms with Crippen molar-refractivity contribution in [2.45, 2.75) is 24.2 Å². The maximum Gasteiger partial charge on any atom is 0.319 e. The lowest BCUT2D eigenvalue weighted by Gasteiger charge is -2.33. The van der Waals surface area contributed by atoms with E-state index >= 15 is 0 Å². The normalized spacial score (nSPS) is 20.3.